The van der Waals surface area contributed by atoms with Crippen molar-refractivity contribution in [2.75, 3.05) is 13.1 Å². The fourth-order valence-electron chi connectivity index (χ4n) is 1.22. The van der Waals surface area contributed by atoms with Crippen LogP contribution in [0.15, 0.2) is 24.3 Å². The van der Waals surface area contributed by atoms with E-state index in [0.29, 0.717) is 18.7 Å². The van der Waals surface area contributed by atoms with Crippen LogP contribution in [0.5, 0.6) is 0 Å². The van der Waals surface area contributed by atoms with Crippen molar-refractivity contribution in [2.45, 2.75) is 13.0 Å². The van der Waals surface area contributed by atoms with Gasteiger partial charge in [0.1, 0.15) is 5.82 Å². The topological polar surface area (TPSA) is 32.3 Å². The van der Waals surface area contributed by atoms with Crippen molar-refractivity contribution in [2.24, 2.45) is 0 Å². The zero-order chi connectivity index (χ0) is 11.1. The van der Waals surface area contributed by atoms with Gasteiger partial charge in [-0.3, -0.25) is 0 Å². The van der Waals surface area contributed by atoms with E-state index in [0.717, 1.165) is 0 Å². The maximum Gasteiger partial charge on any atom is 0.129 e. The van der Waals surface area contributed by atoms with Crippen molar-refractivity contribution >= 4 is 0 Å². The third kappa shape index (κ3) is 3.70. The SMILES string of the molecule is CC#CCNCC(O)c1ccccc1F. The summed E-state index contributed by atoms with van der Waals surface area (Å²) in [5, 5.41) is 12.6. The van der Waals surface area contributed by atoms with Crippen molar-refractivity contribution in [3.05, 3.63) is 35.6 Å². The lowest BCUT2D eigenvalue weighted by Crippen LogP contribution is -2.22. The van der Waals surface area contributed by atoms with E-state index >= 15 is 0 Å². The molecule has 0 saturated carbocycles. The summed E-state index contributed by atoms with van der Waals surface area (Å²) in [5.41, 5.74) is 0.314. The van der Waals surface area contributed by atoms with Gasteiger partial charge in [-0.05, 0) is 13.0 Å². The highest BCUT2D eigenvalue weighted by Gasteiger charge is 2.10. The molecule has 0 bridgehead atoms. The Hall–Kier alpha value is -1.37. The predicted molar refractivity (Wildman–Crippen MR) is 57.7 cm³/mol. The minimum atomic E-state index is -0.829. The Morgan fingerprint density at radius 3 is 2.87 bits per heavy atom. The number of hydrogen-bond donors (Lipinski definition) is 2. The molecule has 0 aliphatic heterocycles. The first-order valence-electron chi connectivity index (χ1n) is 4.78. The largest absolute Gasteiger partial charge is 0.387 e. The fraction of sp³-hybridized carbons (Fsp3) is 0.333. The zero-order valence-electron chi connectivity index (χ0n) is 8.63. The van der Waals surface area contributed by atoms with Crippen LogP contribution in [0, 0.1) is 17.7 Å². The van der Waals surface area contributed by atoms with Gasteiger partial charge >= 0.3 is 0 Å². The molecule has 0 fully saturated rings. The predicted octanol–water partition coefficient (Wildman–Crippen LogP) is 1.47. The molecule has 2 N–H and O–H groups in total. The maximum atomic E-state index is 13.2. The van der Waals surface area contributed by atoms with Crippen molar-refractivity contribution in [3.63, 3.8) is 0 Å². The molecule has 80 valence electrons. The van der Waals surface area contributed by atoms with Crippen LogP contribution < -0.4 is 5.32 Å². The molecule has 3 heteroatoms. The Bertz CT molecular complexity index is 367. The molecule has 1 unspecified atom stereocenters. The van der Waals surface area contributed by atoms with Crippen LogP contribution in [0.1, 0.15) is 18.6 Å². The van der Waals surface area contributed by atoms with Gasteiger partial charge in [0.25, 0.3) is 0 Å². The van der Waals surface area contributed by atoms with E-state index < -0.39 is 6.10 Å². The fourth-order valence-corrected chi connectivity index (χ4v) is 1.22. The highest BCUT2D eigenvalue weighted by molar-refractivity contribution is 5.20. The van der Waals surface area contributed by atoms with E-state index in [1.165, 1.54) is 6.07 Å². The molecular weight excluding hydrogens is 193 g/mol. The van der Waals surface area contributed by atoms with Gasteiger partial charge in [0.2, 0.25) is 0 Å². The average Bonchev–Trinajstić information content (AvgIpc) is 2.25. The molecule has 0 radical (unpaired) electrons. The number of aliphatic hydroxyl groups is 1. The van der Waals surface area contributed by atoms with E-state index in [-0.39, 0.29) is 5.82 Å². The lowest BCUT2D eigenvalue weighted by atomic mass is 10.1. The van der Waals surface area contributed by atoms with Gasteiger partial charge in [-0.1, -0.05) is 24.1 Å². The first-order chi connectivity index (χ1) is 7.25. The van der Waals surface area contributed by atoms with Gasteiger partial charge in [0.15, 0.2) is 0 Å². The molecule has 2 nitrogen and oxygen atoms in total. The third-order valence-electron chi connectivity index (χ3n) is 1.99. The molecular formula is C12H14FNO. The van der Waals surface area contributed by atoms with Crippen molar-refractivity contribution in [3.8, 4) is 11.8 Å². The van der Waals surface area contributed by atoms with Gasteiger partial charge in [-0.2, -0.15) is 0 Å². The molecule has 0 aliphatic rings. The summed E-state index contributed by atoms with van der Waals surface area (Å²) in [6.07, 6.45) is -0.829. The summed E-state index contributed by atoms with van der Waals surface area (Å²) in [6, 6.07) is 6.21. The Morgan fingerprint density at radius 1 is 1.47 bits per heavy atom. The molecule has 15 heavy (non-hydrogen) atoms. The zero-order valence-corrected chi connectivity index (χ0v) is 8.63. The number of nitrogens with one attached hydrogen (secondary N) is 1. The summed E-state index contributed by atoms with van der Waals surface area (Å²) in [7, 11) is 0. The van der Waals surface area contributed by atoms with E-state index in [1.54, 1.807) is 25.1 Å². The van der Waals surface area contributed by atoms with Gasteiger partial charge in [0.05, 0.1) is 12.6 Å². The Balaban J connectivity index is 2.49. The van der Waals surface area contributed by atoms with Gasteiger partial charge in [0, 0.05) is 12.1 Å². The second-order valence-corrected chi connectivity index (χ2v) is 3.09. The van der Waals surface area contributed by atoms with E-state index in [4.69, 9.17) is 0 Å². The molecule has 1 rings (SSSR count). The molecule has 0 aromatic heterocycles. The Labute approximate surface area is 89.1 Å². The highest BCUT2D eigenvalue weighted by Crippen LogP contribution is 2.15. The van der Waals surface area contributed by atoms with E-state index in [2.05, 4.69) is 17.2 Å². The Morgan fingerprint density at radius 2 is 2.20 bits per heavy atom. The standard InChI is InChI=1S/C12H14FNO/c1-2-3-8-14-9-12(15)10-6-4-5-7-11(10)13/h4-7,12,14-15H,8-9H2,1H3. The van der Waals surface area contributed by atoms with Crippen LogP contribution in [0.2, 0.25) is 0 Å². The van der Waals surface area contributed by atoms with Crippen LogP contribution in [-0.4, -0.2) is 18.2 Å². The molecule has 1 aromatic carbocycles. The smallest absolute Gasteiger partial charge is 0.129 e. The monoisotopic (exact) mass is 207 g/mol. The maximum absolute atomic E-state index is 13.2. The molecule has 1 aromatic rings. The van der Waals surface area contributed by atoms with Crippen LogP contribution in [0.25, 0.3) is 0 Å². The van der Waals surface area contributed by atoms with Crippen LogP contribution in [0.4, 0.5) is 4.39 Å². The number of benzene rings is 1. The summed E-state index contributed by atoms with van der Waals surface area (Å²) in [5.74, 6) is 5.15. The summed E-state index contributed by atoms with van der Waals surface area (Å²) >= 11 is 0. The summed E-state index contributed by atoms with van der Waals surface area (Å²) in [4.78, 5) is 0. The van der Waals surface area contributed by atoms with Crippen molar-refractivity contribution in [1.29, 1.82) is 0 Å². The molecule has 0 heterocycles. The average molecular weight is 207 g/mol. The molecule has 0 spiro atoms. The molecule has 0 aliphatic carbocycles. The summed E-state index contributed by atoms with van der Waals surface area (Å²) in [6.45, 7) is 2.55. The second-order valence-electron chi connectivity index (χ2n) is 3.09. The normalized spacial score (nSPS) is 11.7. The second kappa shape index (κ2) is 6.18. The first kappa shape index (κ1) is 11.7. The van der Waals surface area contributed by atoms with Gasteiger partial charge in [-0.15, -0.1) is 5.92 Å². The first-order valence-corrected chi connectivity index (χ1v) is 4.78. The lowest BCUT2D eigenvalue weighted by molar-refractivity contribution is 0.172. The quantitative estimate of drug-likeness (QED) is 0.579. The number of halogens is 1. The Kier molecular flexibility index (Phi) is 4.82. The molecule has 0 amide bonds. The number of hydrogen-bond acceptors (Lipinski definition) is 2. The van der Waals surface area contributed by atoms with Crippen LogP contribution in [0.3, 0.4) is 0 Å². The van der Waals surface area contributed by atoms with Gasteiger partial charge < -0.3 is 10.4 Å². The summed E-state index contributed by atoms with van der Waals surface area (Å²) < 4.78 is 13.2. The van der Waals surface area contributed by atoms with E-state index in [9.17, 15) is 9.50 Å². The van der Waals surface area contributed by atoms with Crippen molar-refractivity contribution < 1.29 is 9.50 Å². The van der Waals surface area contributed by atoms with Crippen LogP contribution in [-0.2, 0) is 0 Å². The van der Waals surface area contributed by atoms with Gasteiger partial charge in [-0.25, -0.2) is 4.39 Å². The number of rotatable bonds is 4. The minimum absolute atomic E-state index is 0.301. The molecule has 0 saturated heterocycles. The minimum Gasteiger partial charge on any atom is -0.387 e. The van der Waals surface area contributed by atoms with Crippen LogP contribution >= 0.6 is 0 Å². The van der Waals surface area contributed by atoms with E-state index in [1.807, 2.05) is 0 Å². The highest BCUT2D eigenvalue weighted by atomic mass is 19.1. The number of aliphatic hydroxyl groups excluding tert-OH is 1. The lowest BCUT2D eigenvalue weighted by Gasteiger charge is -2.11. The molecule has 1 atom stereocenters. The third-order valence-corrected chi connectivity index (χ3v) is 1.99. The van der Waals surface area contributed by atoms with Crippen molar-refractivity contribution in [1.82, 2.24) is 5.32 Å².